The first kappa shape index (κ1) is 17.5. The van der Waals surface area contributed by atoms with Crippen molar-refractivity contribution in [2.45, 2.75) is 25.4 Å². The molecular formula is C18H20N4O2S2. The largest absolute Gasteiger partial charge is 0.395 e. The number of carbonyl (C=O) groups is 1. The normalized spacial score (nSPS) is 17.8. The lowest BCUT2D eigenvalue weighted by atomic mass is 10.1. The summed E-state index contributed by atoms with van der Waals surface area (Å²) in [7, 11) is 0. The third-order valence-electron chi connectivity index (χ3n) is 4.64. The SMILES string of the molecule is O=C(NCCO)c1ccc([C@H]2CCCN2Cc2ccc3nsnc3c2)s1. The van der Waals surface area contributed by atoms with Crippen LogP contribution in [0, 0.1) is 0 Å². The molecule has 3 heterocycles. The number of fused-ring (bicyclic) bond motifs is 1. The van der Waals surface area contributed by atoms with Gasteiger partial charge < -0.3 is 10.4 Å². The van der Waals surface area contributed by atoms with Crippen LogP contribution in [0.5, 0.6) is 0 Å². The van der Waals surface area contributed by atoms with Gasteiger partial charge in [0, 0.05) is 24.0 Å². The minimum atomic E-state index is -0.110. The highest BCUT2D eigenvalue weighted by molar-refractivity contribution is 7.14. The third kappa shape index (κ3) is 3.64. The number of carbonyl (C=O) groups excluding carboxylic acids is 1. The summed E-state index contributed by atoms with van der Waals surface area (Å²) in [6.45, 7) is 2.18. The Balaban J connectivity index is 1.47. The van der Waals surface area contributed by atoms with Crippen LogP contribution in [0.15, 0.2) is 30.3 Å². The van der Waals surface area contributed by atoms with Gasteiger partial charge in [-0.15, -0.1) is 11.3 Å². The molecule has 0 spiro atoms. The fraction of sp³-hybridized carbons (Fsp3) is 0.389. The molecule has 2 aromatic heterocycles. The summed E-state index contributed by atoms with van der Waals surface area (Å²) in [6, 6.07) is 10.6. The Bertz CT molecular complexity index is 907. The lowest BCUT2D eigenvalue weighted by molar-refractivity contribution is 0.0949. The van der Waals surface area contributed by atoms with Gasteiger partial charge in [-0.1, -0.05) is 6.07 Å². The van der Waals surface area contributed by atoms with E-state index in [1.165, 1.54) is 22.2 Å². The maximum Gasteiger partial charge on any atom is 0.261 e. The molecule has 2 N–H and O–H groups in total. The van der Waals surface area contributed by atoms with Gasteiger partial charge in [0.1, 0.15) is 11.0 Å². The molecule has 1 atom stereocenters. The van der Waals surface area contributed by atoms with Gasteiger partial charge in [-0.05, 0) is 49.2 Å². The first-order chi connectivity index (χ1) is 12.7. The standard InChI is InChI=1S/C18H20N4O2S2/c23-9-7-19-18(24)17-6-5-16(25-17)15-2-1-8-22(15)11-12-3-4-13-14(10-12)21-26-20-13/h3-6,10,15,23H,1-2,7-9,11H2,(H,19,24)/t15-/m1/s1. The van der Waals surface area contributed by atoms with Crippen LogP contribution in [0.3, 0.4) is 0 Å². The molecule has 3 aromatic rings. The van der Waals surface area contributed by atoms with Crippen molar-refractivity contribution >= 4 is 40.0 Å². The predicted molar refractivity (Wildman–Crippen MR) is 104 cm³/mol. The van der Waals surface area contributed by atoms with Crippen molar-refractivity contribution < 1.29 is 9.90 Å². The maximum absolute atomic E-state index is 12.1. The van der Waals surface area contributed by atoms with Crippen LogP contribution in [0.4, 0.5) is 0 Å². The summed E-state index contributed by atoms with van der Waals surface area (Å²) in [5, 5.41) is 11.6. The number of aliphatic hydroxyl groups is 1. The molecule has 0 saturated carbocycles. The maximum atomic E-state index is 12.1. The van der Waals surface area contributed by atoms with E-state index < -0.39 is 0 Å². The van der Waals surface area contributed by atoms with Gasteiger partial charge in [-0.25, -0.2) is 0 Å². The molecule has 1 aliphatic rings. The van der Waals surface area contributed by atoms with E-state index in [9.17, 15) is 4.79 Å². The second-order valence-corrected chi connectivity index (χ2v) is 8.04. The van der Waals surface area contributed by atoms with Gasteiger partial charge in [-0.3, -0.25) is 9.69 Å². The van der Waals surface area contributed by atoms with Crippen LogP contribution >= 0.6 is 23.1 Å². The zero-order valence-electron chi connectivity index (χ0n) is 14.2. The van der Waals surface area contributed by atoms with E-state index in [0.717, 1.165) is 37.0 Å². The fourth-order valence-corrected chi connectivity index (χ4v) is 5.02. The second-order valence-electron chi connectivity index (χ2n) is 6.40. The van der Waals surface area contributed by atoms with E-state index >= 15 is 0 Å². The summed E-state index contributed by atoms with van der Waals surface area (Å²) in [5.74, 6) is -0.110. The number of benzene rings is 1. The zero-order chi connectivity index (χ0) is 17.9. The lowest BCUT2D eigenvalue weighted by Gasteiger charge is -2.23. The molecule has 6 nitrogen and oxygen atoms in total. The van der Waals surface area contributed by atoms with Crippen molar-refractivity contribution in [1.82, 2.24) is 19.0 Å². The molecule has 1 saturated heterocycles. The average Bonchev–Trinajstić information content (AvgIpc) is 3.38. The molecule has 26 heavy (non-hydrogen) atoms. The van der Waals surface area contributed by atoms with Gasteiger partial charge in [0.15, 0.2) is 0 Å². The molecule has 1 aliphatic heterocycles. The Morgan fingerprint density at radius 3 is 3.04 bits per heavy atom. The number of rotatable bonds is 6. The molecule has 8 heteroatoms. The molecular weight excluding hydrogens is 368 g/mol. The number of aromatic nitrogens is 2. The highest BCUT2D eigenvalue weighted by atomic mass is 32.1. The number of aliphatic hydroxyl groups excluding tert-OH is 1. The van der Waals surface area contributed by atoms with Crippen molar-refractivity contribution in [2.24, 2.45) is 0 Å². The molecule has 0 aliphatic carbocycles. The molecule has 0 radical (unpaired) electrons. The quantitative estimate of drug-likeness (QED) is 0.679. The van der Waals surface area contributed by atoms with Gasteiger partial charge in [0.2, 0.25) is 0 Å². The van der Waals surface area contributed by atoms with Crippen molar-refractivity contribution in [1.29, 1.82) is 0 Å². The summed E-state index contributed by atoms with van der Waals surface area (Å²) >= 11 is 2.80. The highest BCUT2D eigenvalue weighted by Gasteiger charge is 2.28. The minimum absolute atomic E-state index is 0.0424. The van der Waals surface area contributed by atoms with Crippen LogP contribution in [0.2, 0.25) is 0 Å². The van der Waals surface area contributed by atoms with Crippen molar-refractivity contribution in [2.75, 3.05) is 19.7 Å². The fourth-order valence-electron chi connectivity index (χ4n) is 3.41. The molecule has 1 amide bonds. The zero-order valence-corrected chi connectivity index (χ0v) is 15.9. The molecule has 0 bridgehead atoms. The number of nitrogens with one attached hydrogen (secondary N) is 1. The first-order valence-corrected chi connectivity index (χ1v) is 10.2. The van der Waals surface area contributed by atoms with E-state index in [1.807, 2.05) is 12.1 Å². The van der Waals surface area contributed by atoms with Gasteiger partial charge >= 0.3 is 0 Å². The Kier molecular flexibility index (Phi) is 5.26. The van der Waals surface area contributed by atoms with Crippen LogP contribution in [0.25, 0.3) is 11.0 Å². The van der Waals surface area contributed by atoms with Gasteiger partial charge in [0.05, 0.1) is 23.2 Å². The Morgan fingerprint density at radius 1 is 1.27 bits per heavy atom. The third-order valence-corrected chi connectivity index (χ3v) is 6.39. The minimum Gasteiger partial charge on any atom is -0.395 e. The van der Waals surface area contributed by atoms with E-state index in [1.54, 1.807) is 11.3 Å². The number of likely N-dealkylation sites (tertiary alicyclic amines) is 1. The Morgan fingerprint density at radius 2 is 2.15 bits per heavy atom. The predicted octanol–water partition coefficient (Wildman–Crippen LogP) is 2.81. The topological polar surface area (TPSA) is 78.4 Å². The van der Waals surface area contributed by atoms with Crippen LogP contribution in [0.1, 0.15) is 39.0 Å². The smallest absolute Gasteiger partial charge is 0.261 e. The lowest BCUT2D eigenvalue weighted by Crippen LogP contribution is -2.25. The highest BCUT2D eigenvalue weighted by Crippen LogP contribution is 2.37. The molecule has 1 aromatic carbocycles. The number of hydrogen-bond donors (Lipinski definition) is 2. The Labute approximate surface area is 159 Å². The van der Waals surface area contributed by atoms with Crippen LogP contribution < -0.4 is 5.32 Å². The summed E-state index contributed by atoms with van der Waals surface area (Å²) < 4.78 is 8.59. The van der Waals surface area contributed by atoms with Gasteiger partial charge in [-0.2, -0.15) is 8.75 Å². The van der Waals surface area contributed by atoms with E-state index in [0.29, 0.717) is 10.9 Å². The molecule has 1 fully saturated rings. The summed E-state index contributed by atoms with van der Waals surface area (Å²) in [4.78, 5) is 16.5. The summed E-state index contributed by atoms with van der Waals surface area (Å²) in [6.07, 6.45) is 2.27. The molecule has 136 valence electrons. The van der Waals surface area contributed by atoms with Gasteiger partial charge in [0.25, 0.3) is 5.91 Å². The van der Waals surface area contributed by atoms with E-state index in [-0.39, 0.29) is 19.1 Å². The molecule has 4 rings (SSSR count). The Hall–Kier alpha value is -1.87. The monoisotopic (exact) mass is 388 g/mol. The van der Waals surface area contributed by atoms with Crippen LogP contribution in [-0.2, 0) is 6.54 Å². The summed E-state index contributed by atoms with van der Waals surface area (Å²) in [5.41, 5.74) is 3.16. The second kappa shape index (κ2) is 7.79. The van der Waals surface area contributed by atoms with Crippen molar-refractivity contribution in [3.8, 4) is 0 Å². The van der Waals surface area contributed by atoms with Crippen LogP contribution in [-0.4, -0.2) is 44.4 Å². The average molecular weight is 389 g/mol. The van der Waals surface area contributed by atoms with E-state index in [2.05, 4.69) is 37.2 Å². The van der Waals surface area contributed by atoms with Crippen molar-refractivity contribution in [3.63, 3.8) is 0 Å². The number of amides is 1. The first-order valence-electron chi connectivity index (χ1n) is 8.68. The number of thiophene rings is 1. The number of nitrogens with zero attached hydrogens (tertiary/aromatic N) is 3. The van der Waals surface area contributed by atoms with E-state index in [4.69, 9.17) is 5.11 Å². The van der Waals surface area contributed by atoms with Crippen molar-refractivity contribution in [3.05, 3.63) is 45.6 Å². The number of hydrogen-bond acceptors (Lipinski definition) is 7. The molecule has 0 unspecified atom stereocenters.